The van der Waals surface area contributed by atoms with E-state index in [-0.39, 0.29) is 16.6 Å². The fraction of sp³-hybridized carbons (Fsp3) is 0.286. The van der Waals surface area contributed by atoms with Gasteiger partial charge in [-0.1, -0.05) is 56.3 Å². The minimum Gasteiger partial charge on any atom is -0.489 e. The number of fused-ring (bicyclic) bond motifs is 2. The average molecular weight is 470 g/mol. The van der Waals surface area contributed by atoms with Gasteiger partial charge in [0.15, 0.2) is 5.78 Å². The first-order valence-electron chi connectivity index (χ1n) is 11.6. The van der Waals surface area contributed by atoms with Gasteiger partial charge in [0, 0.05) is 31.6 Å². The number of hydrogen-bond acceptors (Lipinski definition) is 5. The first-order valence-corrected chi connectivity index (χ1v) is 11.6. The lowest BCUT2D eigenvalue weighted by atomic mass is 9.73. The predicted molar refractivity (Wildman–Crippen MR) is 135 cm³/mol. The van der Waals surface area contributed by atoms with Crippen LogP contribution in [0.2, 0.25) is 0 Å². The summed E-state index contributed by atoms with van der Waals surface area (Å²) in [6.45, 7) is 4.49. The number of carbonyl (C=O) groups excluding carboxylic acids is 1. The smallest absolute Gasteiger partial charge is 0.332 e. The molecule has 178 valence electrons. The molecule has 0 bridgehead atoms. The van der Waals surface area contributed by atoms with Gasteiger partial charge in [0.2, 0.25) is 0 Å². The van der Waals surface area contributed by atoms with E-state index in [2.05, 4.69) is 0 Å². The lowest BCUT2D eigenvalue weighted by Crippen LogP contribution is -2.38. The number of pyridine rings is 1. The number of carbonyl (C=O) groups is 1. The molecular weight excluding hydrogens is 442 g/mol. The van der Waals surface area contributed by atoms with Crippen molar-refractivity contribution in [1.29, 1.82) is 0 Å². The van der Waals surface area contributed by atoms with Crippen molar-refractivity contribution >= 4 is 16.8 Å². The van der Waals surface area contributed by atoms with Crippen LogP contribution in [0.1, 0.15) is 41.9 Å². The third kappa shape index (κ3) is 3.97. The molecule has 4 aromatic rings. The highest BCUT2D eigenvalue weighted by atomic mass is 16.5. The highest BCUT2D eigenvalue weighted by Gasteiger charge is 2.36. The van der Waals surface area contributed by atoms with Gasteiger partial charge in [-0.25, -0.2) is 9.78 Å². The second-order valence-electron chi connectivity index (χ2n) is 9.95. The molecule has 2 aromatic carbocycles. The highest BCUT2D eigenvalue weighted by Crippen LogP contribution is 2.40. The van der Waals surface area contributed by atoms with E-state index < -0.39 is 11.2 Å². The molecule has 35 heavy (non-hydrogen) atoms. The van der Waals surface area contributed by atoms with Gasteiger partial charge in [-0.3, -0.25) is 18.7 Å². The first kappa shape index (κ1) is 22.8. The molecule has 7 heteroatoms. The maximum Gasteiger partial charge on any atom is 0.332 e. The van der Waals surface area contributed by atoms with Crippen LogP contribution in [0.4, 0.5) is 0 Å². The van der Waals surface area contributed by atoms with E-state index in [9.17, 15) is 14.4 Å². The molecule has 0 unspecified atom stereocenters. The summed E-state index contributed by atoms with van der Waals surface area (Å²) in [6, 6.07) is 17.3. The number of Topliss-reactive ketones (excluding diaryl/α,β-unsaturated/α-hetero) is 1. The Morgan fingerprint density at radius 1 is 0.886 bits per heavy atom. The monoisotopic (exact) mass is 469 g/mol. The van der Waals surface area contributed by atoms with Crippen molar-refractivity contribution in [2.45, 2.75) is 33.3 Å². The minimum atomic E-state index is -0.463. The van der Waals surface area contributed by atoms with E-state index in [4.69, 9.17) is 9.72 Å². The van der Waals surface area contributed by atoms with Crippen molar-refractivity contribution in [1.82, 2.24) is 14.1 Å². The minimum absolute atomic E-state index is 0.0408. The van der Waals surface area contributed by atoms with E-state index in [0.717, 1.165) is 10.1 Å². The summed E-state index contributed by atoms with van der Waals surface area (Å²) in [7, 11) is 3.04. The molecular formula is C28H27N3O4. The Labute approximate surface area is 202 Å². The molecule has 1 aliphatic carbocycles. The third-order valence-electron chi connectivity index (χ3n) is 6.62. The molecule has 0 amide bonds. The van der Waals surface area contributed by atoms with Crippen LogP contribution in [-0.4, -0.2) is 19.9 Å². The van der Waals surface area contributed by atoms with E-state index in [1.54, 1.807) is 7.05 Å². The van der Waals surface area contributed by atoms with Gasteiger partial charge < -0.3 is 4.74 Å². The van der Waals surface area contributed by atoms with Gasteiger partial charge in [0.25, 0.3) is 5.56 Å². The molecule has 0 aliphatic heterocycles. The Balaban J connectivity index is 1.69. The summed E-state index contributed by atoms with van der Waals surface area (Å²) >= 11 is 0. The van der Waals surface area contributed by atoms with Gasteiger partial charge in [-0.2, -0.15) is 0 Å². The standard InChI is InChI=1S/C28H27N3O4/c1-28(2)14-20-23(21(32)15-28)22(24-25(29-20)30(3)27(34)31(4)26(24)33)18-10-12-19(13-11-18)35-16-17-8-6-5-7-9-17/h5-13H,14-16H2,1-4H3. The third-order valence-corrected chi connectivity index (χ3v) is 6.62. The van der Waals surface area contributed by atoms with E-state index in [1.807, 2.05) is 68.4 Å². The van der Waals surface area contributed by atoms with Crippen LogP contribution < -0.4 is 16.0 Å². The zero-order valence-electron chi connectivity index (χ0n) is 20.3. The molecule has 0 saturated carbocycles. The van der Waals surface area contributed by atoms with Crippen LogP contribution >= 0.6 is 0 Å². The zero-order valence-corrected chi connectivity index (χ0v) is 20.3. The molecule has 2 aromatic heterocycles. The van der Waals surface area contributed by atoms with E-state index in [1.165, 1.54) is 11.6 Å². The van der Waals surface area contributed by atoms with Crippen LogP contribution in [0.3, 0.4) is 0 Å². The second kappa shape index (κ2) is 8.34. The molecule has 1 aliphatic rings. The normalized spacial score (nSPS) is 14.7. The van der Waals surface area contributed by atoms with Crippen LogP contribution in [-0.2, 0) is 27.1 Å². The summed E-state index contributed by atoms with van der Waals surface area (Å²) in [5.41, 5.74) is 2.54. The molecule has 7 nitrogen and oxygen atoms in total. The Morgan fingerprint density at radius 3 is 2.26 bits per heavy atom. The van der Waals surface area contributed by atoms with Crippen molar-refractivity contribution in [2.75, 3.05) is 0 Å². The number of aromatic nitrogens is 3. The largest absolute Gasteiger partial charge is 0.489 e. The van der Waals surface area contributed by atoms with E-state index in [0.29, 0.717) is 53.2 Å². The van der Waals surface area contributed by atoms with Crippen LogP contribution in [0, 0.1) is 5.41 Å². The molecule has 0 saturated heterocycles. The maximum absolute atomic E-state index is 13.4. The summed E-state index contributed by atoms with van der Waals surface area (Å²) in [5, 5.41) is 0.277. The van der Waals surface area contributed by atoms with Crippen molar-refractivity contribution < 1.29 is 9.53 Å². The van der Waals surface area contributed by atoms with Gasteiger partial charge in [0.1, 0.15) is 18.0 Å². The van der Waals surface area contributed by atoms with Crippen molar-refractivity contribution in [3.63, 3.8) is 0 Å². The number of nitrogens with zero attached hydrogens (tertiary/aromatic N) is 3. The van der Waals surface area contributed by atoms with Gasteiger partial charge >= 0.3 is 5.69 Å². The van der Waals surface area contributed by atoms with Crippen molar-refractivity contribution in [3.8, 4) is 16.9 Å². The Kier molecular flexibility index (Phi) is 5.43. The lowest BCUT2D eigenvalue weighted by Gasteiger charge is -2.31. The number of benzene rings is 2. The number of ether oxygens (including phenoxy) is 1. The number of aryl methyl sites for hydroxylation is 1. The number of hydrogen-bond donors (Lipinski definition) is 0. The van der Waals surface area contributed by atoms with Crippen molar-refractivity contribution in [2.24, 2.45) is 19.5 Å². The first-order chi connectivity index (χ1) is 16.7. The van der Waals surface area contributed by atoms with Gasteiger partial charge in [-0.15, -0.1) is 0 Å². The van der Waals surface area contributed by atoms with Crippen LogP contribution in [0.15, 0.2) is 64.2 Å². The molecule has 0 radical (unpaired) electrons. The Morgan fingerprint density at radius 2 is 1.57 bits per heavy atom. The molecule has 0 spiro atoms. The zero-order chi connectivity index (χ0) is 24.9. The average Bonchev–Trinajstić information content (AvgIpc) is 2.84. The number of ketones is 1. The molecule has 2 heterocycles. The van der Waals surface area contributed by atoms with Crippen LogP contribution in [0.5, 0.6) is 5.75 Å². The summed E-state index contributed by atoms with van der Waals surface area (Å²) in [6.07, 6.45) is 0.948. The highest BCUT2D eigenvalue weighted by molar-refractivity contribution is 6.10. The maximum atomic E-state index is 13.4. The second-order valence-corrected chi connectivity index (χ2v) is 9.95. The van der Waals surface area contributed by atoms with Crippen molar-refractivity contribution in [3.05, 3.63) is 92.3 Å². The van der Waals surface area contributed by atoms with Gasteiger partial charge in [-0.05, 0) is 35.1 Å². The molecule has 0 atom stereocenters. The fourth-order valence-electron chi connectivity index (χ4n) is 4.85. The molecule has 0 fully saturated rings. The fourth-order valence-corrected chi connectivity index (χ4v) is 4.85. The summed E-state index contributed by atoms with van der Waals surface area (Å²) in [4.78, 5) is 44.0. The summed E-state index contributed by atoms with van der Waals surface area (Å²) < 4.78 is 8.36. The Hall–Kier alpha value is -4.00. The Bertz CT molecular complexity index is 1580. The molecule has 5 rings (SSSR count). The van der Waals surface area contributed by atoms with Crippen LogP contribution in [0.25, 0.3) is 22.2 Å². The molecule has 0 N–H and O–H groups in total. The quantitative estimate of drug-likeness (QED) is 0.451. The number of rotatable bonds is 4. The van der Waals surface area contributed by atoms with E-state index >= 15 is 0 Å². The predicted octanol–water partition coefficient (Wildman–Crippen LogP) is 4.03. The van der Waals surface area contributed by atoms with Gasteiger partial charge in [0.05, 0.1) is 11.1 Å². The SMILES string of the molecule is Cn1c(=O)c2c(-c3ccc(OCc4ccccc4)cc3)c3c(nc2n(C)c1=O)CC(C)(C)CC3=O. The lowest BCUT2D eigenvalue weighted by molar-refractivity contribution is 0.0911. The topological polar surface area (TPSA) is 83.2 Å². The summed E-state index contributed by atoms with van der Waals surface area (Å²) in [5.74, 6) is 0.638.